The molecule has 3 aromatic rings. The number of nitrogens with zero attached hydrogens (tertiary/aromatic N) is 2. The van der Waals surface area contributed by atoms with Crippen LogP contribution in [0.1, 0.15) is 31.9 Å². The molecule has 0 bridgehead atoms. The van der Waals surface area contributed by atoms with Crippen molar-refractivity contribution in [3.63, 3.8) is 0 Å². The fourth-order valence-electron chi connectivity index (χ4n) is 4.43. The van der Waals surface area contributed by atoms with Crippen LogP contribution >= 0.6 is 0 Å². The van der Waals surface area contributed by atoms with Crippen molar-refractivity contribution in [3.8, 4) is 11.5 Å². The normalized spacial score (nSPS) is 13.4. The Morgan fingerprint density at radius 1 is 0.900 bits per heavy atom. The number of hydrogen-bond acceptors (Lipinski definition) is 6. The molecular formula is C30H35N3O6S. The molecule has 212 valence electrons. The maximum absolute atomic E-state index is 14.0. The number of carbonyl (C=O) groups excluding carboxylic acids is 2. The molecule has 9 nitrogen and oxygen atoms in total. The Balaban J connectivity index is 1.73. The SMILES string of the molecule is Cc1cccc(CN(C(=O)CN(c2ccc3c(c2)OCCO3)S(=O)(=O)c2ccccc2)[C@H](C)C(=O)NC(C)C)c1. The van der Waals surface area contributed by atoms with Crippen LogP contribution in [0.3, 0.4) is 0 Å². The largest absolute Gasteiger partial charge is 0.486 e. The van der Waals surface area contributed by atoms with E-state index in [0.29, 0.717) is 24.7 Å². The van der Waals surface area contributed by atoms with Gasteiger partial charge in [0, 0.05) is 18.7 Å². The molecule has 1 heterocycles. The summed E-state index contributed by atoms with van der Waals surface area (Å²) in [7, 11) is -4.16. The van der Waals surface area contributed by atoms with Crippen LogP contribution in [0, 0.1) is 6.92 Å². The molecule has 1 atom stereocenters. The van der Waals surface area contributed by atoms with E-state index in [9.17, 15) is 18.0 Å². The van der Waals surface area contributed by atoms with Crippen molar-refractivity contribution < 1.29 is 27.5 Å². The third kappa shape index (κ3) is 6.74. The third-order valence-corrected chi connectivity index (χ3v) is 8.25. The highest BCUT2D eigenvalue weighted by atomic mass is 32.2. The number of benzene rings is 3. The highest BCUT2D eigenvalue weighted by molar-refractivity contribution is 7.92. The molecule has 2 amide bonds. The minimum atomic E-state index is -4.16. The molecule has 1 aliphatic heterocycles. The summed E-state index contributed by atoms with van der Waals surface area (Å²) in [5, 5.41) is 2.86. The van der Waals surface area contributed by atoms with Crippen molar-refractivity contribution in [2.45, 2.75) is 51.2 Å². The van der Waals surface area contributed by atoms with Crippen molar-refractivity contribution in [1.82, 2.24) is 10.2 Å². The highest BCUT2D eigenvalue weighted by Crippen LogP contribution is 2.36. The van der Waals surface area contributed by atoms with Crippen molar-refractivity contribution >= 4 is 27.5 Å². The van der Waals surface area contributed by atoms with Crippen LogP contribution < -0.4 is 19.1 Å². The van der Waals surface area contributed by atoms with Gasteiger partial charge < -0.3 is 19.7 Å². The topological polar surface area (TPSA) is 105 Å². The minimum absolute atomic E-state index is 0.0357. The second-order valence-electron chi connectivity index (χ2n) is 10.0. The predicted molar refractivity (Wildman–Crippen MR) is 153 cm³/mol. The Bertz CT molecular complexity index is 1460. The van der Waals surface area contributed by atoms with Crippen LogP contribution in [-0.2, 0) is 26.2 Å². The zero-order valence-electron chi connectivity index (χ0n) is 23.2. The van der Waals surface area contributed by atoms with Crippen molar-refractivity contribution in [1.29, 1.82) is 0 Å². The Morgan fingerprint density at radius 2 is 1.60 bits per heavy atom. The maximum Gasteiger partial charge on any atom is 0.264 e. The summed E-state index contributed by atoms with van der Waals surface area (Å²) in [5.41, 5.74) is 2.08. The fourth-order valence-corrected chi connectivity index (χ4v) is 5.86. The lowest BCUT2D eigenvalue weighted by molar-refractivity contribution is -0.139. The van der Waals surface area contributed by atoms with Gasteiger partial charge in [-0.3, -0.25) is 13.9 Å². The molecule has 4 rings (SSSR count). The number of amides is 2. The number of ether oxygens (including phenoxy) is 2. The first kappa shape index (κ1) is 28.9. The first-order valence-corrected chi connectivity index (χ1v) is 14.6. The van der Waals surface area contributed by atoms with Gasteiger partial charge >= 0.3 is 0 Å². The number of hydrogen-bond donors (Lipinski definition) is 1. The van der Waals surface area contributed by atoms with E-state index in [2.05, 4.69) is 5.32 Å². The van der Waals surface area contributed by atoms with E-state index in [1.54, 1.807) is 43.3 Å². The van der Waals surface area contributed by atoms with Gasteiger partial charge in [-0.15, -0.1) is 0 Å². The number of carbonyl (C=O) groups is 2. The number of anilines is 1. The van der Waals surface area contributed by atoms with Crippen molar-refractivity contribution in [2.75, 3.05) is 24.1 Å². The lowest BCUT2D eigenvalue weighted by Crippen LogP contribution is -2.52. The van der Waals surface area contributed by atoms with E-state index < -0.39 is 28.5 Å². The van der Waals surface area contributed by atoms with Crippen LogP contribution in [0.2, 0.25) is 0 Å². The number of nitrogens with one attached hydrogen (secondary N) is 1. The molecule has 0 spiro atoms. The van der Waals surface area contributed by atoms with Gasteiger partial charge in [0.25, 0.3) is 10.0 Å². The van der Waals surface area contributed by atoms with E-state index in [4.69, 9.17) is 9.47 Å². The molecular weight excluding hydrogens is 530 g/mol. The Morgan fingerprint density at radius 3 is 2.27 bits per heavy atom. The molecule has 40 heavy (non-hydrogen) atoms. The molecule has 0 unspecified atom stereocenters. The summed E-state index contributed by atoms with van der Waals surface area (Å²) in [5.74, 6) is 0.0410. The van der Waals surface area contributed by atoms with Gasteiger partial charge in [0.2, 0.25) is 11.8 Å². The first-order valence-electron chi connectivity index (χ1n) is 13.2. The predicted octanol–water partition coefficient (Wildman–Crippen LogP) is 3.90. The Hall–Kier alpha value is -4.05. The molecule has 0 saturated heterocycles. The average molecular weight is 566 g/mol. The summed E-state index contributed by atoms with van der Waals surface area (Å²) in [6.45, 7) is 7.59. The third-order valence-electron chi connectivity index (χ3n) is 6.46. The number of sulfonamides is 1. The quantitative estimate of drug-likeness (QED) is 0.400. The lowest BCUT2D eigenvalue weighted by Gasteiger charge is -2.32. The summed E-state index contributed by atoms with van der Waals surface area (Å²) in [6, 6.07) is 19.4. The molecule has 10 heteroatoms. The van der Waals surface area contributed by atoms with Gasteiger partial charge in [0.05, 0.1) is 10.6 Å². The van der Waals surface area contributed by atoms with Crippen LogP contribution in [0.4, 0.5) is 5.69 Å². The standard InChI is InChI=1S/C30H35N3O6S/c1-21(2)31-30(35)23(4)32(19-24-10-8-9-22(3)17-24)29(34)20-33(40(36,37)26-11-6-5-7-12-26)25-13-14-27-28(18-25)39-16-15-38-27/h5-14,17-18,21,23H,15-16,19-20H2,1-4H3,(H,31,35)/t23-/m1/s1. The second kappa shape index (κ2) is 12.4. The summed E-state index contributed by atoms with van der Waals surface area (Å²) in [6.07, 6.45) is 0. The second-order valence-corrected chi connectivity index (χ2v) is 11.9. The molecule has 3 aromatic carbocycles. The lowest BCUT2D eigenvalue weighted by atomic mass is 10.1. The van der Waals surface area contributed by atoms with Crippen LogP contribution in [0.15, 0.2) is 77.7 Å². The van der Waals surface area contributed by atoms with E-state index in [0.717, 1.165) is 15.4 Å². The van der Waals surface area contributed by atoms with Crippen LogP contribution in [0.5, 0.6) is 11.5 Å². The van der Waals surface area contributed by atoms with Gasteiger partial charge in [-0.1, -0.05) is 48.0 Å². The maximum atomic E-state index is 14.0. The number of aryl methyl sites for hydroxylation is 1. The zero-order chi connectivity index (χ0) is 28.9. The van der Waals surface area contributed by atoms with Crippen LogP contribution in [-0.4, -0.2) is 57.0 Å². The number of fused-ring (bicyclic) bond motifs is 1. The van der Waals surface area contributed by atoms with Gasteiger partial charge in [-0.2, -0.15) is 0 Å². The summed E-state index contributed by atoms with van der Waals surface area (Å²) in [4.78, 5) is 28.5. The highest BCUT2D eigenvalue weighted by Gasteiger charge is 2.33. The molecule has 0 fully saturated rings. The smallest absolute Gasteiger partial charge is 0.264 e. The average Bonchev–Trinajstić information content (AvgIpc) is 2.94. The first-order chi connectivity index (χ1) is 19.1. The van der Waals surface area contributed by atoms with Gasteiger partial charge in [-0.05, 0) is 57.5 Å². The van der Waals surface area contributed by atoms with E-state index in [1.807, 2.05) is 45.0 Å². The van der Waals surface area contributed by atoms with Gasteiger partial charge in [-0.25, -0.2) is 8.42 Å². The number of rotatable bonds is 10. The minimum Gasteiger partial charge on any atom is -0.486 e. The molecule has 1 N–H and O–H groups in total. The molecule has 0 aliphatic carbocycles. The fraction of sp³-hybridized carbons (Fsp3) is 0.333. The van der Waals surface area contributed by atoms with Crippen molar-refractivity contribution in [2.24, 2.45) is 0 Å². The van der Waals surface area contributed by atoms with Gasteiger partial charge in [0.15, 0.2) is 11.5 Å². The van der Waals surface area contributed by atoms with E-state index in [-0.39, 0.29) is 29.1 Å². The monoisotopic (exact) mass is 565 g/mol. The molecule has 0 radical (unpaired) electrons. The van der Waals surface area contributed by atoms with E-state index >= 15 is 0 Å². The Kier molecular flexibility index (Phi) is 8.99. The van der Waals surface area contributed by atoms with Crippen molar-refractivity contribution in [3.05, 3.63) is 83.9 Å². The Labute approximate surface area is 235 Å². The molecule has 0 aromatic heterocycles. The molecule has 0 saturated carbocycles. The zero-order valence-corrected chi connectivity index (χ0v) is 24.0. The summed E-state index contributed by atoms with van der Waals surface area (Å²) >= 11 is 0. The van der Waals surface area contributed by atoms with Crippen LogP contribution in [0.25, 0.3) is 0 Å². The molecule has 1 aliphatic rings. The summed E-state index contributed by atoms with van der Waals surface area (Å²) < 4.78 is 40.2. The van der Waals surface area contributed by atoms with Gasteiger partial charge in [0.1, 0.15) is 25.8 Å². The van der Waals surface area contributed by atoms with E-state index in [1.165, 1.54) is 17.0 Å².